The maximum Gasteiger partial charge on any atom is 0.162 e. The van der Waals surface area contributed by atoms with Gasteiger partial charge in [-0.3, -0.25) is 0 Å². The van der Waals surface area contributed by atoms with Gasteiger partial charge in [0.1, 0.15) is 0 Å². The van der Waals surface area contributed by atoms with Crippen molar-refractivity contribution in [3.63, 3.8) is 0 Å². The minimum atomic E-state index is 0.169. The van der Waals surface area contributed by atoms with Crippen LogP contribution in [-0.2, 0) is 4.74 Å². The fraction of sp³-hybridized carbons (Fsp3) is 0.500. The third-order valence-electron chi connectivity index (χ3n) is 2.21. The first-order valence-corrected chi connectivity index (χ1v) is 5.27. The van der Waals surface area contributed by atoms with E-state index in [0.717, 1.165) is 12.1 Å². The second kappa shape index (κ2) is 6.23. The van der Waals surface area contributed by atoms with E-state index >= 15 is 0 Å². The van der Waals surface area contributed by atoms with Crippen LogP contribution in [0.4, 0.5) is 5.69 Å². The van der Waals surface area contributed by atoms with Crippen LogP contribution in [0.25, 0.3) is 0 Å². The third kappa shape index (κ3) is 3.62. The van der Waals surface area contributed by atoms with E-state index < -0.39 is 0 Å². The molecule has 0 aliphatic heterocycles. The van der Waals surface area contributed by atoms with Crippen LogP contribution in [-0.4, -0.2) is 39.5 Å². The fourth-order valence-electron chi connectivity index (χ4n) is 1.28. The molecule has 1 N–H and O–H groups in total. The molecule has 0 radical (unpaired) electrons. The molecule has 0 atom stereocenters. The summed E-state index contributed by atoms with van der Waals surface area (Å²) in [7, 11) is 5.55. The van der Waals surface area contributed by atoms with Crippen LogP contribution in [0.15, 0.2) is 18.2 Å². The molecule has 0 aliphatic rings. The topological polar surface area (TPSA) is 41.9 Å². The first-order chi connectivity index (χ1) is 7.65. The first kappa shape index (κ1) is 12.6. The Kier molecular flexibility index (Phi) is 4.92. The number of methoxy groups -OCH3 is 1. The standard InChI is InChI=1S/C12H19NO3/c1-13(2)10-5-6-11(14)12(9-10)16-8-4-7-15-3/h5-6,9,14H,4,7-8H2,1-3H3. The molecule has 0 aromatic heterocycles. The smallest absolute Gasteiger partial charge is 0.162 e. The Morgan fingerprint density at radius 1 is 1.25 bits per heavy atom. The van der Waals surface area contributed by atoms with Crippen LogP contribution < -0.4 is 9.64 Å². The average molecular weight is 225 g/mol. The number of ether oxygens (including phenoxy) is 2. The highest BCUT2D eigenvalue weighted by Crippen LogP contribution is 2.30. The highest BCUT2D eigenvalue weighted by molar-refractivity contribution is 5.55. The van der Waals surface area contributed by atoms with Crippen LogP contribution in [0.5, 0.6) is 11.5 Å². The number of nitrogens with zero attached hydrogens (tertiary/aromatic N) is 1. The van der Waals surface area contributed by atoms with Gasteiger partial charge in [-0.2, -0.15) is 0 Å². The summed E-state index contributed by atoms with van der Waals surface area (Å²) in [6.07, 6.45) is 0.808. The van der Waals surface area contributed by atoms with E-state index in [-0.39, 0.29) is 5.75 Å². The average Bonchev–Trinajstić information content (AvgIpc) is 2.26. The van der Waals surface area contributed by atoms with Crippen molar-refractivity contribution in [2.45, 2.75) is 6.42 Å². The molecule has 0 aliphatic carbocycles. The predicted octanol–water partition coefficient (Wildman–Crippen LogP) is 1.87. The van der Waals surface area contributed by atoms with Gasteiger partial charge in [-0.25, -0.2) is 0 Å². The van der Waals surface area contributed by atoms with E-state index in [2.05, 4.69) is 0 Å². The lowest BCUT2D eigenvalue weighted by Crippen LogP contribution is -2.09. The van der Waals surface area contributed by atoms with Crippen LogP contribution >= 0.6 is 0 Å². The highest BCUT2D eigenvalue weighted by Gasteiger charge is 2.04. The van der Waals surface area contributed by atoms with E-state index in [1.54, 1.807) is 13.2 Å². The molecule has 0 saturated heterocycles. The Morgan fingerprint density at radius 3 is 2.62 bits per heavy atom. The molecule has 1 rings (SSSR count). The van der Waals surface area contributed by atoms with Crippen molar-refractivity contribution in [2.75, 3.05) is 39.3 Å². The monoisotopic (exact) mass is 225 g/mol. The molecule has 0 bridgehead atoms. The van der Waals surface area contributed by atoms with Gasteiger partial charge in [-0.05, 0) is 12.1 Å². The Bertz CT molecular complexity index is 326. The molecule has 0 amide bonds. The summed E-state index contributed by atoms with van der Waals surface area (Å²) in [4.78, 5) is 1.96. The lowest BCUT2D eigenvalue weighted by molar-refractivity contribution is 0.171. The normalized spacial score (nSPS) is 10.2. The molecule has 0 heterocycles. The molecule has 0 unspecified atom stereocenters. The SMILES string of the molecule is COCCCOc1cc(N(C)C)ccc1O. The lowest BCUT2D eigenvalue weighted by Gasteiger charge is -2.15. The number of rotatable bonds is 6. The number of aromatic hydroxyl groups is 1. The largest absolute Gasteiger partial charge is 0.504 e. The number of anilines is 1. The molecule has 1 aromatic carbocycles. The molecule has 0 spiro atoms. The van der Waals surface area contributed by atoms with E-state index in [4.69, 9.17) is 9.47 Å². The van der Waals surface area contributed by atoms with Crippen molar-refractivity contribution in [3.8, 4) is 11.5 Å². The van der Waals surface area contributed by atoms with Gasteiger partial charge >= 0.3 is 0 Å². The molecule has 4 heteroatoms. The summed E-state index contributed by atoms with van der Waals surface area (Å²) in [5, 5.41) is 9.60. The molecule has 0 fully saturated rings. The zero-order valence-electron chi connectivity index (χ0n) is 10.1. The van der Waals surface area contributed by atoms with Crippen molar-refractivity contribution in [1.82, 2.24) is 0 Å². The summed E-state index contributed by atoms with van der Waals surface area (Å²) in [6.45, 7) is 1.20. The Balaban J connectivity index is 2.60. The van der Waals surface area contributed by atoms with Crippen molar-refractivity contribution in [3.05, 3.63) is 18.2 Å². The first-order valence-electron chi connectivity index (χ1n) is 5.27. The van der Waals surface area contributed by atoms with Gasteiger partial charge < -0.3 is 19.5 Å². The van der Waals surface area contributed by atoms with E-state index in [1.807, 2.05) is 31.1 Å². The summed E-state index contributed by atoms with van der Waals surface area (Å²) >= 11 is 0. The van der Waals surface area contributed by atoms with E-state index in [9.17, 15) is 5.11 Å². The van der Waals surface area contributed by atoms with Crippen molar-refractivity contribution in [2.24, 2.45) is 0 Å². The molecular weight excluding hydrogens is 206 g/mol. The van der Waals surface area contributed by atoms with Crippen molar-refractivity contribution in [1.29, 1.82) is 0 Å². The second-order valence-corrected chi connectivity index (χ2v) is 3.74. The summed E-state index contributed by atoms with van der Waals surface area (Å²) < 4.78 is 10.4. The van der Waals surface area contributed by atoms with Crippen LogP contribution in [0.1, 0.15) is 6.42 Å². The quantitative estimate of drug-likeness (QED) is 0.750. The van der Waals surface area contributed by atoms with Gasteiger partial charge in [0.15, 0.2) is 11.5 Å². The number of phenols is 1. The Hall–Kier alpha value is -1.42. The Labute approximate surface area is 96.4 Å². The number of benzene rings is 1. The molecular formula is C12H19NO3. The fourth-order valence-corrected chi connectivity index (χ4v) is 1.28. The molecule has 4 nitrogen and oxygen atoms in total. The number of hydrogen-bond donors (Lipinski definition) is 1. The molecule has 1 aromatic rings. The highest BCUT2D eigenvalue weighted by atomic mass is 16.5. The van der Waals surface area contributed by atoms with Gasteiger partial charge in [0.2, 0.25) is 0 Å². The van der Waals surface area contributed by atoms with Gasteiger partial charge in [0.05, 0.1) is 6.61 Å². The second-order valence-electron chi connectivity index (χ2n) is 3.74. The minimum absolute atomic E-state index is 0.169. The van der Waals surface area contributed by atoms with Gasteiger partial charge in [-0.15, -0.1) is 0 Å². The zero-order chi connectivity index (χ0) is 12.0. The Morgan fingerprint density at radius 2 is 2.00 bits per heavy atom. The van der Waals surface area contributed by atoms with Gasteiger partial charge in [-0.1, -0.05) is 0 Å². The summed E-state index contributed by atoms with van der Waals surface area (Å²) in [5.74, 6) is 0.685. The minimum Gasteiger partial charge on any atom is -0.504 e. The van der Waals surface area contributed by atoms with E-state index in [0.29, 0.717) is 19.0 Å². The summed E-state index contributed by atoms with van der Waals surface area (Å²) in [6, 6.07) is 5.31. The van der Waals surface area contributed by atoms with Crippen molar-refractivity contribution < 1.29 is 14.6 Å². The molecule has 16 heavy (non-hydrogen) atoms. The molecule has 0 saturated carbocycles. The summed E-state index contributed by atoms with van der Waals surface area (Å²) in [5.41, 5.74) is 1.000. The maximum absolute atomic E-state index is 9.60. The van der Waals surface area contributed by atoms with Gasteiger partial charge in [0.25, 0.3) is 0 Å². The number of hydrogen-bond acceptors (Lipinski definition) is 4. The third-order valence-corrected chi connectivity index (χ3v) is 2.21. The maximum atomic E-state index is 9.60. The molecule has 90 valence electrons. The van der Waals surface area contributed by atoms with Crippen LogP contribution in [0.2, 0.25) is 0 Å². The van der Waals surface area contributed by atoms with Crippen molar-refractivity contribution >= 4 is 5.69 Å². The predicted molar refractivity (Wildman–Crippen MR) is 64.4 cm³/mol. The van der Waals surface area contributed by atoms with Crippen LogP contribution in [0.3, 0.4) is 0 Å². The number of phenolic OH excluding ortho intramolecular Hbond substituents is 1. The van der Waals surface area contributed by atoms with Crippen LogP contribution in [0, 0.1) is 0 Å². The van der Waals surface area contributed by atoms with Gasteiger partial charge in [0, 0.05) is 46.0 Å². The zero-order valence-corrected chi connectivity index (χ0v) is 10.1. The van der Waals surface area contributed by atoms with E-state index in [1.165, 1.54) is 0 Å². The lowest BCUT2D eigenvalue weighted by atomic mass is 10.2.